The largest absolute Gasteiger partial charge is 0.489 e. The lowest BCUT2D eigenvalue weighted by atomic mass is 10.2. The van der Waals surface area contributed by atoms with Crippen LogP contribution in [0, 0.1) is 0 Å². The highest BCUT2D eigenvalue weighted by atomic mass is 32.2. The number of ether oxygens (including phenoxy) is 3. The summed E-state index contributed by atoms with van der Waals surface area (Å²) < 4.78 is 16.8. The summed E-state index contributed by atoms with van der Waals surface area (Å²) in [5, 5.41) is 0.180. The lowest BCUT2D eigenvalue weighted by molar-refractivity contribution is 0.0363. The molecule has 34 heavy (non-hydrogen) atoms. The molecule has 0 bridgehead atoms. The number of carbonyl (C=O) groups is 2. The van der Waals surface area contributed by atoms with Crippen molar-refractivity contribution in [3.05, 3.63) is 65.7 Å². The quantitative estimate of drug-likeness (QED) is 0.347. The van der Waals surface area contributed by atoms with Crippen molar-refractivity contribution in [1.29, 1.82) is 0 Å². The van der Waals surface area contributed by atoms with Crippen LogP contribution in [0.4, 0.5) is 9.59 Å². The number of thioether (sulfide) groups is 1. The second-order valence-electron chi connectivity index (χ2n) is 9.57. The second kappa shape index (κ2) is 11.9. The summed E-state index contributed by atoms with van der Waals surface area (Å²) in [4.78, 5) is 30.8. The average molecular weight is 487 g/mol. The number of amides is 2. The molecule has 0 aliphatic rings. The zero-order valence-corrected chi connectivity index (χ0v) is 21.8. The lowest BCUT2D eigenvalue weighted by Crippen LogP contribution is -2.39. The van der Waals surface area contributed by atoms with Gasteiger partial charge in [-0.1, -0.05) is 54.2 Å². The summed E-state index contributed by atoms with van der Waals surface area (Å²) in [6, 6.07) is 17.3. The molecular formula is C26H34N2O5S. The van der Waals surface area contributed by atoms with Crippen LogP contribution in [-0.2, 0) is 22.6 Å². The van der Waals surface area contributed by atoms with Gasteiger partial charge in [-0.05, 0) is 71.1 Å². The predicted octanol–water partition coefficient (Wildman–Crippen LogP) is 6.66. The summed E-state index contributed by atoms with van der Waals surface area (Å²) in [5.74, 6) is 0.667. The predicted molar refractivity (Wildman–Crippen MR) is 136 cm³/mol. The number of carbonyl (C=O) groups excluding carboxylic acids is 2. The third-order valence-corrected chi connectivity index (χ3v) is 4.77. The van der Waals surface area contributed by atoms with E-state index < -0.39 is 23.4 Å². The van der Waals surface area contributed by atoms with Gasteiger partial charge < -0.3 is 14.2 Å². The van der Waals surface area contributed by atoms with Crippen molar-refractivity contribution in [3.8, 4) is 5.75 Å². The fourth-order valence-electron chi connectivity index (χ4n) is 2.76. The fraction of sp³-hybridized carbons (Fsp3) is 0.423. The monoisotopic (exact) mass is 486 g/mol. The van der Waals surface area contributed by atoms with E-state index in [0.29, 0.717) is 12.4 Å². The molecule has 0 aliphatic carbocycles. The van der Waals surface area contributed by atoms with Crippen molar-refractivity contribution in [3.63, 3.8) is 0 Å². The van der Waals surface area contributed by atoms with E-state index in [1.807, 2.05) is 54.6 Å². The van der Waals surface area contributed by atoms with Gasteiger partial charge in [-0.3, -0.25) is 4.90 Å². The minimum absolute atomic E-state index is 0.139. The zero-order chi connectivity index (χ0) is 25.4. The number of aliphatic imine (C=N–C) groups is 1. The number of rotatable bonds is 5. The Morgan fingerprint density at radius 3 is 2.09 bits per heavy atom. The normalized spacial score (nSPS) is 12.1. The molecule has 7 nitrogen and oxygen atoms in total. The Bertz CT molecular complexity index is 994. The smallest absolute Gasteiger partial charge is 0.436 e. The topological polar surface area (TPSA) is 77.4 Å². The van der Waals surface area contributed by atoms with E-state index >= 15 is 0 Å². The standard InChI is InChI=1S/C26H34N2O5S/c1-25(2,3)32-23(29)27-22(34-7)28(24(30)33-26(4,5)6)17-20-14-11-15-21(16-20)31-18-19-12-9-8-10-13-19/h8-16H,17-18H2,1-7H3/b27-22+. The third-order valence-electron chi connectivity index (χ3n) is 4.10. The van der Waals surface area contributed by atoms with Crippen LogP contribution in [0.5, 0.6) is 5.75 Å². The van der Waals surface area contributed by atoms with Crippen LogP contribution in [0.1, 0.15) is 52.7 Å². The molecule has 0 saturated heterocycles. The zero-order valence-electron chi connectivity index (χ0n) is 21.0. The molecule has 0 heterocycles. The molecule has 0 aromatic heterocycles. The Balaban J connectivity index is 2.27. The Kier molecular flexibility index (Phi) is 9.55. The van der Waals surface area contributed by atoms with Gasteiger partial charge in [-0.2, -0.15) is 4.99 Å². The first-order valence-electron chi connectivity index (χ1n) is 11.0. The number of hydrogen-bond acceptors (Lipinski definition) is 6. The molecule has 0 saturated carbocycles. The van der Waals surface area contributed by atoms with E-state index in [0.717, 1.165) is 22.9 Å². The highest BCUT2D eigenvalue weighted by Crippen LogP contribution is 2.21. The van der Waals surface area contributed by atoms with Crippen molar-refractivity contribution in [1.82, 2.24) is 4.90 Å². The maximum Gasteiger partial charge on any atom is 0.436 e. The first kappa shape index (κ1) is 27.2. The highest BCUT2D eigenvalue weighted by Gasteiger charge is 2.27. The average Bonchev–Trinajstić information content (AvgIpc) is 2.73. The van der Waals surface area contributed by atoms with E-state index in [-0.39, 0.29) is 11.7 Å². The van der Waals surface area contributed by atoms with Gasteiger partial charge >= 0.3 is 12.2 Å². The SMILES string of the molecule is CS/C(=N/C(=O)OC(C)(C)C)N(Cc1cccc(OCc2ccccc2)c1)C(=O)OC(C)(C)C. The van der Waals surface area contributed by atoms with E-state index in [9.17, 15) is 9.59 Å². The summed E-state index contributed by atoms with van der Waals surface area (Å²) in [6.07, 6.45) is 0.352. The van der Waals surface area contributed by atoms with Crippen molar-refractivity contribution in [2.24, 2.45) is 4.99 Å². The first-order valence-corrected chi connectivity index (χ1v) is 12.2. The lowest BCUT2D eigenvalue weighted by Gasteiger charge is -2.27. The molecule has 0 radical (unpaired) electrons. The Morgan fingerprint density at radius 2 is 1.50 bits per heavy atom. The van der Waals surface area contributed by atoms with Crippen molar-refractivity contribution in [2.75, 3.05) is 6.26 Å². The molecular weight excluding hydrogens is 452 g/mol. The molecule has 0 atom stereocenters. The fourth-order valence-corrected chi connectivity index (χ4v) is 3.29. The molecule has 0 N–H and O–H groups in total. The molecule has 184 valence electrons. The third kappa shape index (κ3) is 9.87. The van der Waals surface area contributed by atoms with E-state index in [2.05, 4.69) is 4.99 Å². The van der Waals surface area contributed by atoms with Gasteiger partial charge in [-0.25, -0.2) is 9.59 Å². The number of nitrogens with zero attached hydrogens (tertiary/aromatic N) is 2. The van der Waals surface area contributed by atoms with Crippen LogP contribution >= 0.6 is 11.8 Å². The van der Waals surface area contributed by atoms with Gasteiger partial charge in [-0.15, -0.1) is 0 Å². The highest BCUT2D eigenvalue weighted by molar-refractivity contribution is 8.13. The van der Waals surface area contributed by atoms with Crippen LogP contribution < -0.4 is 4.74 Å². The molecule has 0 aliphatic heterocycles. The summed E-state index contributed by atoms with van der Waals surface area (Å²) in [7, 11) is 0. The van der Waals surface area contributed by atoms with Gasteiger partial charge in [0.15, 0.2) is 5.17 Å². The molecule has 2 aromatic rings. The molecule has 2 aromatic carbocycles. The van der Waals surface area contributed by atoms with Gasteiger partial charge in [0.1, 0.15) is 23.6 Å². The van der Waals surface area contributed by atoms with E-state index in [4.69, 9.17) is 14.2 Å². The molecule has 8 heteroatoms. The molecule has 2 amide bonds. The van der Waals surface area contributed by atoms with Crippen LogP contribution in [0.3, 0.4) is 0 Å². The van der Waals surface area contributed by atoms with Gasteiger partial charge in [0, 0.05) is 0 Å². The van der Waals surface area contributed by atoms with E-state index in [1.54, 1.807) is 47.8 Å². The number of hydrogen-bond donors (Lipinski definition) is 0. The minimum Gasteiger partial charge on any atom is -0.489 e. The van der Waals surface area contributed by atoms with Gasteiger partial charge in [0.25, 0.3) is 0 Å². The van der Waals surface area contributed by atoms with Gasteiger partial charge in [0.2, 0.25) is 0 Å². The van der Waals surface area contributed by atoms with Crippen LogP contribution in [0.2, 0.25) is 0 Å². The minimum atomic E-state index is -0.773. The summed E-state index contributed by atoms with van der Waals surface area (Å²) in [6.45, 7) is 11.2. The van der Waals surface area contributed by atoms with Crippen molar-refractivity contribution < 1.29 is 23.8 Å². The summed E-state index contributed by atoms with van der Waals surface area (Å²) in [5.41, 5.74) is 0.427. The Labute approximate surface area is 206 Å². The van der Waals surface area contributed by atoms with E-state index in [1.165, 1.54) is 4.90 Å². The Morgan fingerprint density at radius 1 is 0.882 bits per heavy atom. The number of benzene rings is 2. The van der Waals surface area contributed by atoms with Gasteiger partial charge in [0.05, 0.1) is 6.54 Å². The van der Waals surface area contributed by atoms with Crippen LogP contribution in [0.25, 0.3) is 0 Å². The number of amidine groups is 1. The van der Waals surface area contributed by atoms with Crippen molar-refractivity contribution in [2.45, 2.75) is 65.9 Å². The second-order valence-corrected chi connectivity index (χ2v) is 10.3. The Hall–Kier alpha value is -3.00. The molecule has 2 rings (SSSR count). The molecule has 0 fully saturated rings. The maximum atomic E-state index is 13.1. The molecule has 0 unspecified atom stereocenters. The molecule has 0 spiro atoms. The first-order chi connectivity index (χ1) is 15.9. The van der Waals surface area contributed by atoms with Crippen molar-refractivity contribution >= 4 is 29.1 Å². The van der Waals surface area contributed by atoms with Crippen LogP contribution in [0.15, 0.2) is 59.6 Å². The maximum absolute atomic E-state index is 13.1. The summed E-state index contributed by atoms with van der Waals surface area (Å²) >= 11 is 1.16. The van der Waals surface area contributed by atoms with Crippen LogP contribution in [-0.4, -0.2) is 39.7 Å².